The van der Waals surface area contributed by atoms with Gasteiger partial charge in [-0.05, 0) is 25.3 Å². The van der Waals surface area contributed by atoms with Crippen LogP contribution in [0.2, 0.25) is 0 Å². The number of allylic oxidation sites excluding steroid dienone is 1. The molecule has 0 amide bonds. The van der Waals surface area contributed by atoms with Crippen molar-refractivity contribution in [3.8, 4) is 0 Å². The average molecular weight is 97.1 g/mol. The summed E-state index contributed by atoms with van der Waals surface area (Å²) in [6.07, 6.45) is 4.81. The van der Waals surface area contributed by atoms with Crippen LogP contribution >= 0.6 is 0 Å². The molecule has 1 heterocycles. The van der Waals surface area contributed by atoms with E-state index in [-0.39, 0.29) is 0 Å². The Bertz CT molecular complexity index is 76.2. The van der Waals surface area contributed by atoms with Gasteiger partial charge >= 0.3 is 0 Å². The molecule has 1 atom stereocenters. The van der Waals surface area contributed by atoms with Crippen LogP contribution in [-0.2, 0) is 4.74 Å². The van der Waals surface area contributed by atoms with E-state index in [1.165, 1.54) is 0 Å². The second kappa shape index (κ2) is 2.01. The highest BCUT2D eigenvalue weighted by molar-refractivity contribution is 4.83. The van der Waals surface area contributed by atoms with Crippen molar-refractivity contribution < 1.29 is 4.74 Å². The highest BCUT2D eigenvalue weighted by Gasteiger charge is 2.01. The standard InChI is InChI=1S/C6H9O/c1-6-3-2-4-7-5-6/h2,4,6H,1,3,5H2. The Balaban J connectivity index is 2.32. The first-order chi connectivity index (χ1) is 3.39. The lowest BCUT2D eigenvalue weighted by Crippen LogP contribution is -2.05. The van der Waals surface area contributed by atoms with Crippen LogP contribution in [0, 0.1) is 12.8 Å². The molecule has 1 radical (unpaired) electrons. The minimum atomic E-state index is 0.477. The molecule has 1 rings (SSSR count). The highest BCUT2D eigenvalue weighted by atomic mass is 16.5. The largest absolute Gasteiger partial charge is 0.501 e. The fraction of sp³-hybridized carbons (Fsp3) is 0.500. The van der Waals surface area contributed by atoms with Gasteiger partial charge in [0.1, 0.15) is 0 Å². The Morgan fingerprint density at radius 3 is 2.86 bits per heavy atom. The summed E-state index contributed by atoms with van der Waals surface area (Å²) in [7, 11) is 0. The molecule has 1 aliphatic rings. The van der Waals surface area contributed by atoms with E-state index in [4.69, 9.17) is 4.74 Å². The van der Waals surface area contributed by atoms with Crippen molar-refractivity contribution in [3.05, 3.63) is 19.3 Å². The van der Waals surface area contributed by atoms with Crippen molar-refractivity contribution in [3.63, 3.8) is 0 Å². The number of hydrogen-bond acceptors (Lipinski definition) is 1. The van der Waals surface area contributed by atoms with E-state index in [1.807, 2.05) is 6.08 Å². The van der Waals surface area contributed by atoms with Gasteiger partial charge in [-0.2, -0.15) is 0 Å². The van der Waals surface area contributed by atoms with Gasteiger partial charge in [0.2, 0.25) is 0 Å². The lowest BCUT2D eigenvalue weighted by atomic mass is 10.1. The predicted molar refractivity (Wildman–Crippen MR) is 28.6 cm³/mol. The van der Waals surface area contributed by atoms with Crippen LogP contribution in [0.4, 0.5) is 0 Å². The molecule has 0 aromatic carbocycles. The Morgan fingerprint density at radius 2 is 2.57 bits per heavy atom. The van der Waals surface area contributed by atoms with E-state index in [0.717, 1.165) is 13.0 Å². The minimum Gasteiger partial charge on any atom is -0.501 e. The van der Waals surface area contributed by atoms with Crippen molar-refractivity contribution in [1.29, 1.82) is 0 Å². The molecule has 0 N–H and O–H groups in total. The fourth-order valence-corrected chi connectivity index (χ4v) is 0.576. The third-order valence-corrected chi connectivity index (χ3v) is 0.994. The van der Waals surface area contributed by atoms with E-state index >= 15 is 0 Å². The SMILES string of the molecule is [CH2]C1CC=COC1. The molecular weight excluding hydrogens is 88.1 g/mol. The monoisotopic (exact) mass is 97.1 g/mol. The van der Waals surface area contributed by atoms with Gasteiger partial charge in [0.15, 0.2) is 0 Å². The summed E-state index contributed by atoms with van der Waals surface area (Å²) in [5.74, 6) is 0.477. The van der Waals surface area contributed by atoms with Crippen LogP contribution < -0.4 is 0 Å². The van der Waals surface area contributed by atoms with Gasteiger partial charge in [-0.15, -0.1) is 0 Å². The van der Waals surface area contributed by atoms with Crippen LogP contribution in [0.5, 0.6) is 0 Å². The predicted octanol–water partition coefficient (Wildman–Crippen LogP) is 1.37. The Morgan fingerprint density at radius 1 is 1.71 bits per heavy atom. The zero-order valence-corrected chi connectivity index (χ0v) is 4.26. The molecule has 0 saturated heterocycles. The first-order valence-electron chi connectivity index (χ1n) is 2.49. The molecule has 0 aromatic rings. The summed E-state index contributed by atoms with van der Waals surface area (Å²) in [6, 6.07) is 0. The summed E-state index contributed by atoms with van der Waals surface area (Å²) < 4.78 is 4.94. The van der Waals surface area contributed by atoms with Gasteiger partial charge in [-0.1, -0.05) is 0 Å². The van der Waals surface area contributed by atoms with Gasteiger partial charge in [0, 0.05) is 0 Å². The minimum absolute atomic E-state index is 0.477. The van der Waals surface area contributed by atoms with Gasteiger partial charge in [-0.25, -0.2) is 0 Å². The molecule has 39 valence electrons. The lowest BCUT2D eigenvalue weighted by molar-refractivity contribution is 0.198. The average Bonchev–Trinajstić information content (AvgIpc) is 1.69. The van der Waals surface area contributed by atoms with Crippen LogP contribution in [0.1, 0.15) is 6.42 Å². The topological polar surface area (TPSA) is 9.23 Å². The maximum absolute atomic E-state index is 4.94. The molecular formula is C6H9O. The summed E-state index contributed by atoms with van der Waals surface area (Å²) in [5, 5.41) is 0. The number of rotatable bonds is 0. The molecule has 1 nitrogen and oxygen atoms in total. The third-order valence-electron chi connectivity index (χ3n) is 0.994. The van der Waals surface area contributed by atoms with Gasteiger partial charge < -0.3 is 4.74 Å². The molecule has 0 spiro atoms. The Kier molecular flexibility index (Phi) is 1.35. The third kappa shape index (κ3) is 1.22. The maximum Gasteiger partial charge on any atom is 0.0904 e. The van der Waals surface area contributed by atoms with E-state index in [0.29, 0.717) is 5.92 Å². The van der Waals surface area contributed by atoms with E-state index in [2.05, 4.69) is 6.92 Å². The summed E-state index contributed by atoms with van der Waals surface area (Å²) in [6.45, 7) is 4.61. The van der Waals surface area contributed by atoms with E-state index < -0.39 is 0 Å². The second-order valence-corrected chi connectivity index (χ2v) is 1.81. The van der Waals surface area contributed by atoms with Crippen LogP contribution in [0.15, 0.2) is 12.3 Å². The zero-order chi connectivity index (χ0) is 5.11. The first kappa shape index (κ1) is 4.69. The highest BCUT2D eigenvalue weighted by Crippen LogP contribution is 2.07. The van der Waals surface area contributed by atoms with Crippen LogP contribution in [0.25, 0.3) is 0 Å². The normalized spacial score (nSPS) is 29.6. The van der Waals surface area contributed by atoms with Crippen molar-refractivity contribution in [1.82, 2.24) is 0 Å². The van der Waals surface area contributed by atoms with Crippen LogP contribution in [-0.4, -0.2) is 6.61 Å². The van der Waals surface area contributed by atoms with E-state index in [1.54, 1.807) is 6.26 Å². The quantitative estimate of drug-likeness (QED) is 0.443. The summed E-state index contributed by atoms with van der Waals surface area (Å²) in [4.78, 5) is 0. The fourth-order valence-electron chi connectivity index (χ4n) is 0.576. The van der Waals surface area contributed by atoms with Gasteiger partial charge in [-0.3, -0.25) is 0 Å². The van der Waals surface area contributed by atoms with Crippen molar-refractivity contribution >= 4 is 0 Å². The van der Waals surface area contributed by atoms with Crippen LogP contribution in [0.3, 0.4) is 0 Å². The number of ether oxygens (including phenoxy) is 1. The lowest BCUT2D eigenvalue weighted by Gasteiger charge is -2.11. The Hall–Kier alpha value is -0.460. The van der Waals surface area contributed by atoms with Gasteiger partial charge in [0.25, 0.3) is 0 Å². The summed E-state index contributed by atoms with van der Waals surface area (Å²) in [5.41, 5.74) is 0. The molecule has 1 aliphatic heterocycles. The molecule has 0 fully saturated rings. The smallest absolute Gasteiger partial charge is 0.0904 e. The van der Waals surface area contributed by atoms with E-state index in [9.17, 15) is 0 Å². The molecule has 7 heavy (non-hydrogen) atoms. The summed E-state index contributed by atoms with van der Waals surface area (Å²) >= 11 is 0. The zero-order valence-electron chi connectivity index (χ0n) is 4.26. The Labute approximate surface area is 44.0 Å². The molecule has 1 unspecified atom stereocenters. The first-order valence-corrected chi connectivity index (χ1v) is 2.49. The molecule has 0 saturated carbocycles. The maximum atomic E-state index is 4.94. The van der Waals surface area contributed by atoms with Crippen molar-refractivity contribution in [2.75, 3.05) is 6.61 Å². The van der Waals surface area contributed by atoms with Crippen molar-refractivity contribution in [2.24, 2.45) is 5.92 Å². The second-order valence-electron chi connectivity index (χ2n) is 1.81. The number of hydrogen-bond donors (Lipinski definition) is 0. The van der Waals surface area contributed by atoms with Gasteiger partial charge in [0.05, 0.1) is 12.9 Å². The molecule has 1 heteroatoms. The molecule has 0 aliphatic carbocycles. The molecule has 0 aromatic heterocycles. The van der Waals surface area contributed by atoms with Crippen molar-refractivity contribution in [2.45, 2.75) is 6.42 Å². The molecule has 0 bridgehead atoms.